The molecule has 0 spiro atoms. The lowest BCUT2D eigenvalue weighted by atomic mass is 9.85. The van der Waals surface area contributed by atoms with Crippen LogP contribution in [0.15, 0.2) is 0 Å². The van der Waals surface area contributed by atoms with Crippen LogP contribution in [0.5, 0.6) is 0 Å². The fourth-order valence-electron chi connectivity index (χ4n) is 3.56. The second-order valence-corrected chi connectivity index (χ2v) is 4.82. The maximum absolute atomic E-state index is 5.50. The predicted molar refractivity (Wildman–Crippen MR) is 51.6 cm³/mol. The highest BCUT2D eigenvalue weighted by molar-refractivity contribution is 4.94. The van der Waals surface area contributed by atoms with Gasteiger partial charge in [0.05, 0.1) is 0 Å². The molecular formula is C11H19NO. The van der Waals surface area contributed by atoms with Gasteiger partial charge in [-0.3, -0.25) is 0 Å². The van der Waals surface area contributed by atoms with Crippen LogP contribution in [0, 0.1) is 11.8 Å². The topological polar surface area (TPSA) is 12.5 Å². The summed E-state index contributed by atoms with van der Waals surface area (Å²) >= 11 is 0. The van der Waals surface area contributed by atoms with Gasteiger partial charge in [-0.2, -0.15) is 0 Å². The molecule has 3 unspecified atom stereocenters. The molecule has 0 aliphatic carbocycles. The van der Waals surface area contributed by atoms with E-state index in [-0.39, 0.29) is 0 Å². The third-order valence-electron chi connectivity index (χ3n) is 4.23. The lowest BCUT2D eigenvalue weighted by Crippen LogP contribution is -2.29. The van der Waals surface area contributed by atoms with Crippen molar-refractivity contribution in [3.05, 3.63) is 0 Å². The number of hydrogen-bond donors (Lipinski definition) is 0. The summed E-state index contributed by atoms with van der Waals surface area (Å²) in [6, 6.07) is 0.937. The van der Waals surface area contributed by atoms with Gasteiger partial charge in [0.1, 0.15) is 0 Å². The molecule has 2 heteroatoms. The Hall–Kier alpha value is -0.0800. The first-order valence-corrected chi connectivity index (χ1v) is 5.77. The molecule has 0 aromatic rings. The highest BCUT2D eigenvalue weighted by Gasteiger charge is 2.41. The zero-order chi connectivity index (χ0) is 8.67. The SMILES string of the molecule is C1CC2C(C3CCOC3)CCN2C1. The van der Waals surface area contributed by atoms with Gasteiger partial charge in [0.25, 0.3) is 0 Å². The summed E-state index contributed by atoms with van der Waals surface area (Å²) in [6.07, 6.45) is 5.67. The lowest BCUT2D eigenvalue weighted by Gasteiger charge is -2.24. The van der Waals surface area contributed by atoms with Crippen LogP contribution in [0.2, 0.25) is 0 Å². The van der Waals surface area contributed by atoms with Crippen molar-refractivity contribution in [2.24, 2.45) is 11.8 Å². The molecule has 74 valence electrons. The molecule has 0 N–H and O–H groups in total. The Morgan fingerprint density at radius 2 is 2.08 bits per heavy atom. The number of fused-ring (bicyclic) bond motifs is 1. The van der Waals surface area contributed by atoms with Gasteiger partial charge in [-0.05, 0) is 50.6 Å². The fourth-order valence-corrected chi connectivity index (χ4v) is 3.56. The molecule has 0 saturated carbocycles. The molecule has 13 heavy (non-hydrogen) atoms. The molecule has 3 fully saturated rings. The summed E-state index contributed by atoms with van der Waals surface area (Å²) < 4.78 is 5.50. The van der Waals surface area contributed by atoms with Gasteiger partial charge in [0.15, 0.2) is 0 Å². The highest BCUT2D eigenvalue weighted by atomic mass is 16.5. The zero-order valence-electron chi connectivity index (χ0n) is 8.24. The van der Waals surface area contributed by atoms with Gasteiger partial charge in [-0.25, -0.2) is 0 Å². The third-order valence-corrected chi connectivity index (χ3v) is 4.23. The molecule has 3 saturated heterocycles. The smallest absolute Gasteiger partial charge is 0.0498 e. The van der Waals surface area contributed by atoms with E-state index in [1.54, 1.807) is 0 Å². The van der Waals surface area contributed by atoms with Crippen LogP contribution < -0.4 is 0 Å². The third kappa shape index (κ3) is 1.31. The summed E-state index contributed by atoms with van der Waals surface area (Å²) in [5.41, 5.74) is 0. The minimum absolute atomic E-state index is 0.896. The molecule has 3 aliphatic heterocycles. The van der Waals surface area contributed by atoms with E-state index in [2.05, 4.69) is 4.90 Å². The van der Waals surface area contributed by atoms with Crippen molar-refractivity contribution in [2.75, 3.05) is 26.3 Å². The Kier molecular flexibility index (Phi) is 2.06. The largest absolute Gasteiger partial charge is 0.381 e. The first kappa shape index (κ1) is 8.25. The van der Waals surface area contributed by atoms with Gasteiger partial charge in [0, 0.05) is 19.3 Å². The van der Waals surface area contributed by atoms with E-state index in [1.807, 2.05) is 0 Å². The lowest BCUT2D eigenvalue weighted by molar-refractivity contribution is 0.161. The van der Waals surface area contributed by atoms with E-state index < -0.39 is 0 Å². The molecule has 2 nitrogen and oxygen atoms in total. The minimum Gasteiger partial charge on any atom is -0.381 e. The molecule has 0 aromatic heterocycles. The summed E-state index contributed by atoms with van der Waals surface area (Å²) in [5, 5.41) is 0. The Morgan fingerprint density at radius 1 is 1.08 bits per heavy atom. The number of hydrogen-bond acceptors (Lipinski definition) is 2. The van der Waals surface area contributed by atoms with Crippen molar-refractivity contribution in [3.8, 4) is 0 Å². The summed E-state index contributed by atoms with van der Waals surface area (Å²) in [7, 11) is 0. The van der Waals surface area contributed by atoms with Crippen LogP contribution in [-0.4, -0.2) is 37.2 Å². The molecule has 0 amide bonds. The maximum atomic E-state index is 5.50. The molecule has 3 atom stereocenters. The van der Waals surface area contributed by atoms with Gasteiger partial charge in [-0.1, -0.05) is 0 Å². The second-order valence-electron chi connectivity index (χ2n) is 4.82. The van der Waals surface area contributed by atoms with Crippen LogP contribution in [0.4, 0.5) is 0 Å². The van der Waals surface area contributed by atoms with E-state index >= 15 is 0 Å². The molecule has 0 radical (unpaired) electrons. The van der Waals surface area contributed by atoms with Crippen LogP contribution in [0.25, 0.3) is 0 Å². The molecule has 3 rings (SSSR count). The predicted octanol–water partition coefficient (Wildman–Crippen LogP) is 1.51. The summed E-state index contributed by atoms with van der Waals surface area (Å²) in [5.74, 6) is 1.87. The zero-order valence-corrected chi connectivity index (χ0v) is 8.24. The number of ether oxygens (including phenoxy) is 1. The van der Waals surface area contributed by atoms with Crippen molar-refractivity contribution < 1.29 is 4.74 Å². The van der Waals surface area contributed by atoms with Crippen molar-refractivity contribution >= 4 is 0 Å². The van der Waals surface area contributed by atoms with Crippen LogP contribution in [-0.2, 0) is 4.74 Å². The average Bonchev–Trinajstić information content (AvgIpc) is 2.79. The molecular weight excluding hydrogens is 162 g/mol. The van der Waals surface area contributed by atoms with Gasteiger partial charge < -0.3 is 9.64 Å². The van der Waals surface area contributed by atoms with E-state index in [0.717, 1.165) is 31.1 Å². The summed E-state index contributed by atoms with van der Waals surface area (Å²) in [6.45, 7) is 4.81. The number of rotatable bonds is 1. The molecule has 0 bridgehead atoms. The molecule has 3 heterocycles. The monoisotopic (exact) mass is 181 g/mol. The Labute approximate surface area is 80.2 Å². The molecule has 0 aromatic carbocycles. The standard InChI is InChI=1S/C11H19NO/c1-2-11-10(3-6-12(11)5-1)9-4-7-13-8-9/h9-11H,1-8H2. The van der Waals surface area contributed by atoms with Gasteiger partial charge >= 0.3 is 0 Å². The normalized spacial score (nSPS) is 45.7. The molecule has 3 aliphatic rings. The van der Waals surface area contributed by atoms with E-state index in [4.69, 9.17) is 4.74 Å². The Morgan fingerprint density at radius 3 is 2.92 bits per heavy atom. The first-order valence-electron chi connectivity index (χ1n) is 5.77. The van der Waals surface area contributed by atoms with Crippen molar-refractivity contribution in [1.82, 2.24) is 4.90 Å². The first-order chi connectivity index (χ1) is 6.45. The van der Waals surface area contributed by atoms with E-state index in [9.17, 15) is 0 Å². The minimum atomic E-state index is 0.896. The fraction of sp³-hybridized carbons (Fsp3) is 1.00. The van der Waals surface area contributed by atoms with Crippen LogP contribution in [0.3, 0.4) is 0 Å². The Bertz CT molecular complexity index is 189. The van der Waals surface area contributed by atoms with Crippen molar-refractivity contribution in [3.63, 3.8) is 0 Å². The van der Waals surface area contributed by atoms with E-state index in [1.165, 1.54) is 38.8 Å². The van der Waals surface area contributed by atoms with Crippen molar-refractivity contribution in [2.45, 2.75) is 31.7 Å². The summed E-state index contributed by atoms with van der Waals surface area (Å²) in [4.78, 5) is 2.71. The van der Waals surface area contributed by atoms with Crippen LogP contribution >= 0.6 is 0 Å². The Balaban J connectivity index is 1.70. The van der Waals surface area contributed by atoms with Crippen LogP contribution in [0.1, 0.15) is 25.7 Å². The average molecular weight is 181 g/mol. The quantitative estimate of drug-likeness (QED) is 0.608. The van der Waals surface area contributed by atoms with Gasteiger partial charge in [-0.15, -0.1) is 0 Å². The maximum Gasteiger partial charge on any atom is 0.0498 e. The van der Waals surface area contributed by atoms with E-state index in [0.29, 0.717) is 0 Å². The van der Waals surface area contributed by atoms with Gasteiger partial charge in [0.2, 0.25) is 0 Å². The van der Waals surface area contributed by atoms with Crippen molar-refractivity contribution in [1.29, 1.82) is 0 Å². The highest BCUT2D eigenvalue weighted by Crippen LogP contribution is 2.39. The number of nitrogens with zero attached hydrogens (tertiary/aromatic N) is 1. The second kappa shape index (κ2) is 3.25.